The summed E-state index contributed by atoms with van der Waals surface area (Å²) in [5, 5.41) is 9.07. The van der Waals surface area contributed by atoms with E-state index in [2.05, 4.69) is 14.7 Å². The zero-order valence-electron chi connectivity index (χ0n) is 18.8. The second-order valence-corrected chi connectivity index (χ2v) is 10.7. The van der Waals surface area contributed by atoms with Crippen LogP contribution in [-0.2, 0) is 16.9 Å². The predicted molar refractivity (Wildman–Crippen MR) is 118 cm³/mol. The third-order valence-corrected chi connectivity index (χ3v) is 7.01. The number of alkyl halides is 3. The Labute approximate surface area is 197 Å². The van der Waals surface area contributed by atoms with E-state index in [-0.39, 0.29) is 37.7 Å². The fraction of sp³-hybridized carbons (Fsp3) is 0.476. The molecule has 0 bridgehead atoms. The van der Waals surface area contributed by atoms with Gasteiger partial charge in [0.1, 0.15) is 10.6 Å². The number of hydrogen-bond acceptors (Lipinski definition) is 6. The molecule has 13 heteroatoms. The van der Waals surface area contributed by atoms with Crippen molar-refractivity contribution in [2.45, 2.75) is 37.2 Å². The summed E-state index contributed by atoms with van der Waals surface area (Å²) >= 11 is -2.17. The SMILES string of the molecule is CC(C)(C)[S+]([O-])N[C@](c1ccc(F)cc1)(c1cnc(N2CCN(C(=O)O)CC2)nc1)C(F)(F)F. The number of carbonyl (C=O) groups is 1. The molecule has 1 amide bonds. The van der Waals surface area contributed by atoms with Gasteiger partial charge >= 0.3 is 12.3 Å². The largest absolute Gasteiger partial charge is 0.598 e. The number of nitrogens with zero attached hydrogens (tertiary/aromatic N) is 4. The number of aromatic nitrogens is 2. The molecule has 2 heterocycles. The molecule has 186 valence electrons. The van der Waals surface area contributed by atoms with Crippen molar-refractivity contribution < 1.29 is 32.0 Å². The Morgan fingerprint density at radius 3 is 2.00 bits per heavy atom. The molecule has 1 aromatic heterocycles. The molecule has 8 nitrogen and oxygen atoms in total. The van der Waals surface area contributed by atoms with Crippen LogP contribution in [0.4, 0.5) is 28.3 Å². The van der Waals surface area contributed by atoms with E-state index < -0.39 is 45.3 Å². The minimum absolute atomic E-state index is 0.140. The fourth-order valence-electron chi connectivity index (χ4n) is 3.44. The standard InChI is InChI=1S/C21H25F4N5O3S/c1-19(2,3)34(33)28-20(21(23,24)25,14-4-6-16(22)7-5-14)15-12-26-17(27-13-15)29-8-10-30(11-9-29)18(31)32/h4-7,12-13,28H,8-11H2,1-3H3,(H,31,32)/t20-,34?/m1/s1. The number of carboxylic acid groups (broad SMARTS) is 1. The summed E-state index contributed by atoms with van der Waals surface area (Å²) in [4.78, 5) is 22.2. The Hall–Kier alpha value is -2.64. The second-order valence-electron chi connectivity index (χ2n) is 8.77. The third-order valence-electron chi connectivity index (χ3n) is 5.41. The summed E-state index contributed by atoms with van der Waals surface area (Å²) in [5.41, 5.74) is -3.76. The first-order valence-corrected chi connectivity index (χ1v) is 11.5. The Morgan fingerprint density at radius 1 is 1.03 bits per heavy atom. The van der Waals surface area contributed by atoms with Gasteiger partial charge in [-0.25, -0.2) is 19.2 Å². The van der Waals surface area contributed by atoms with E-state index in [1.807, 2.05) is 0 Å². The van der Waals surface area contributed by atoms with Gasteiger partial charge in [-0.1, -0.05) is 12.1 Å². The molecule has 1 aromatic carbocycles. The van der Waals surface area contributed by atoms with Crippen LogP contribution in [0.25, 0.3) is 0 Å². The van der Waals surface area contributed by atoms with Crippen molar-refractivity contribution in [1.29, 1.82) is 0 Å². The smallest absolute Gasteiger partial charge is 0.419 e. The Morgan fingerprint density at radius 2 is 1.56 bits per heavy atom. The van der Waals surface area contributed by atoms with E-state index in [1.165, 1.54) is 25.7 Å². The van der Waals surface area contributed by atoms with Gasteiger partial charge in [0.15, 0.2) is 0 Å². The number of halogens is 4. The molecule has 0 radical (unpaired) electrons. The van der Waals surface area contributed by atoms with E-state index in [0.29, 0.717) is 0 Å². The molecule has 2 aromatic rings. The summed E-state index contributed by atoms with van der Waals surface area (Å²) in [6.07, 6.45) is -4.06. The molecule has 2 atom stereocenters. The number of anilines is 1. The van der Waals surface area contributed by atoms with Crippen molar-refractivity contribution in [2.75, 3.05) is 31.1 Å². The number of benzene rings is 1. The lowest BCUT2D eigenvalue weighted by molar-refractivity contribution is -0.182. The Balaban J connectivity index is 2.04. The molecule has 0 spiro atoms. The summed E-state index contributed by atoms with van der Waals surface area (Å²) < 4.78 is 71.8. The van der Waals surface area contributed by atoms with Crippen molar-refractivity contribution in [1.82, 2.24) is 19.6 Å². The van der Waals surface area contributed by atoms with E-state index in [0.717, 1.165) is 36.7 Å². The van der Waals surface area contributed by atoms with Crippen LogP contribution in [0.1, 0.15) is 31.9 Å². The molecular formula is C21H25F4N5O3S. The van der Waals surface area contributed by atoms with Crippen LogP contribution in [0, 0.1) is 5.82 Å². The van der Waals surface area contributed by atoms with Gasteiger partial charge in [0, 0.05) is 55.5 Å². The fourth-order valence-corrected chi connectivity index (χ4v) is 4.37. The van der Waals surface area contributed by atoms with Crippen LogP contribution >= 0.6 is 0 Å². The average Bonchev–Trinajstić information content (AvgIpc) is 2.76. The molecule has 1 unspecified atom stereocenters. The van der Waals surface area contributed by atoms with Gasteiger partial charge in [-0.05, 0) is 38.5 Å². The Kier molecular flexibility index (Phi) is 7.29. The van der Waals surface area contributed by atoms with Crippen LogP contribution in [0.15, 0.2) is 36.7 Å². The topological polar surface area (TPSA) is 105 Å². The van der Waals surface area contributed by atoms with Crippen molar-refractivity contribution in [3.63, 3.8) is 0 Å². The van der Waals surface area contributed by atoms with E-state index >= 15 is 0 Å². The van der Waals surface area contributed by atoms with E-state index in [4.69, 9.17) is 5.11 Å². The first-order chi connectivity index (χ1) is 15.8. The minimum Gasteiger partial charge on any atom is -0.598 e. The number of hydrogen-bond donors (Lipinski definition) is 2. The van der Waals surface area contributed by atoms with Crippen LogP contribution in [0.2, 0.25) is 0 Å². The van der Waals surface area contributed by atoms with Crippen molar-refractivity contribution in [3.8, 4) is 0 Å². The number of amides is 1. The highest BCUT2D eigenvalue weighted by Crippen LogP contribution is 2.45. The monoisotopic (exact) mass is 503 g/mol. The maximum Gasteiger partial charge on any atom is 0.419 e. The molecule has 1 saturated heterocycles. The average molecular weight is 504 g/mol. The Bertz CT molecular complexity index is 993. The minimum atomic E-state index is -5.00. The summed E-state index contributed by atoms with van der Waals surface area (Å²) in [6, 6.07) is 3.76. The van der Waals surface area contributed by atoms with Gasteiger partial charge in [-0.3, -0.25) is 0 Å². The quantitative estimate of drug-likeness (QED) is 0.477. The molecular weight excluding hydrogens is 478 g/mol. The molecule has 1 aliphatic heterocycles. The molecule has 34 heavy (non-hydrogen) atoms. The van der Waals surface area contributed by atoms with Crippen molar-refractivity contribution in [3.05, 3.63) is 53.6 Å². The molecule has 0 aliphatic carbocycles. The summed E-state index contributed by atoms with van der Waals surface area (Å²) in [7, 11) is 0. The third kappa shape index (κ3) is 5.20. The molecule has 2 N–H and O–H groups in total. The first-order valence-electron chi connectivity index (χ1n) is 10.3. The normalized spacial score (nSPS) is 17.9. The summed E-state index contributed by atoms with van der Waals surface area (Å²) in [5.74, 6) is -0.579. The van der Waals surface area contributed by atoms with Gasteiger partial charge in [0.25, 0.3) is 0 Å². The van der Waals surface area contributed by atoms with Gasteiger partial charge in [0.2, 0.25) is 11.5 Å². The number of piperazine rings is 1. The maximum atomic E-state index is 14.8. The second kappa shape index (κ2) is 9.55. The highest BCUT2D eigenvalue weighted by molar-refractivity contribution is 7.90. The van der Waals surface area contributed by atoms with E-state index in [1.54, 1.807) is 4.90 Å². The highest BCUT2D eigenvalue weighted by Gasteiger charge is 2.61. The van der Waals surface area contributed by atoms with Gasteiger partial charge < -0.3 is 19.5 Å². The molecule has 1 aliphatic rings. The van der Waals surface area contributed by atoms with Crippen molar-refractivity contribution >= 4 is 23.4 Å². The zero-order chi connectivity index (χ0) is 25.3. The molecule has 3 rings (SSSR count). The van der Waals surface area contributed by atoms with Crippen LogP contribution < -0.4 is 9.62 Å². The van der Waals surface area contributed by atoms with Gasteiger partial charge in [-0.2, -0.15) is 13.2 Å². The number of rotatable bonds is 5. The molecule has 1 fully saturated rings. The van der Waals surface area contributed by atoms with Crippen LogP contribution in [0.3, 0.4) is 0 Å². The van der Waals surface area contributed by atoms with E-state index in [9.17, 15) is 26.9 Å². The lowest BCUT2D eigenvalue weighted by Gasteiger charge is -2.39. The first kappa shape index (κ1) is 26.0. The van der Waals surface area contributed by atoms with Crippen LogP contribution in [0.5, 0.6) is 0 Å². The highest BCUT2D eigenvalue weighted by atomic mass is 32.2. The maximum absolute atomic E-state index is 14.8. The van der Waals surface area contributed by atoms with Crippen LogP contribution in [-0.4, -0.2) is 67.7 Å². The number of nitrogens with one attached hydrogen (secondary N) is 1. The van der Waals surface area contributed by atoms with Gasteiger partial charge in [0.05, 0.1) is 0 Å². The lowest BCUT2D eigenvalue weighted by Crippen LogP contribution is -2.59. The zero-order valence-corrected chi connectivity index (χ0v) is 19.6. The predicted octanol–water partition coefficient (Wildman–Crippen LogP) is 3.27. The lowest BCUT2D eigenvalue weighted by atomic mass is 9.84. The summed E-state index contributed by atoms with van der Waals surface area (Å²) in [6.45, 7) is 5.54. The van der Waals surface area contributed by atoms with Gasteiger partial charge in [-0.15, -0.1) is 4.72 Å². The molecule has 0 saturated carbocycles. The van der Waals surface area contributed by atoms with Crippen molar-refractivity contribution in [2.24, 2.45) is 0 Å².